The van der Waals surface area contributed by atoms with Crippen LogP contribution in [-0.4, -0.2) is 27.2 Å². The average Bonchev–Trinajstić information content (AvgIpc) is 3.24. The molecule has 0 aliphatic carbocycles. The molecule has 3 heterocycles. The molecule has 0 unspecified atom stereocenters. The van der Waals surface area contributed by atoms with E-state index in [0.29, 0.717) is 44.6 Å². The third-order valence-corrected chi connectivity index (χ3v) is 4.73. The first-order valence-electron chi connectivity index (χ1n) is 7.60. The molecule has 0 spiro atoms. The Bertz CT molecular complexity index is 1020. The van der Waals surface area contributed by atoms with Gasteiger partial charge in [-0.15, -0.1) is 0 Å². The molecule has 4 N–H and O–H groups in total. The number of aryl methyl sites for hydroxylation is 2. The van der Waals surface area contributed by atoms with Gasteiger partial charge in [0.2, 0.25) is 6.79 Å². The molecular formula is C16H15ClN4O4. The Morgan fingerprint density at radius 1 is 0.920 bits per heavy atom. The van der Waals surface area contributed by atoms with Crippen molar-refractivity contribution in [1.29, 1.82) is 0 Å². The van der Waals surface area contributed by atoms with Gasteiger partial charge in [0.05, 0.1) is 17.0 Å². The lowest BCUT2D eigenvalue weighted by molar-refractivity contribution is 0.174. The van der Waals surface area contributed by atoms with Gasteiger partial charge in [0.1, 0.15) is 0 Å². The van der Waals surface area contributed by atoms with Crippen LogP contribution in [0.2, 0.25) is 5.02 Å². The van der Waals surface area contributed by atoms with E-state index in [0.717, 1.165) is 0 Å². The number of benzene rings is 1. The summed E-state index contributed by atoms with van der Waals surface area (Å²) in [6.45, 7) is 3.63. The number of rotatable bonds is 3. The van der Waals surface area contributed by atoms with Crippen LogP contribution >= 0.6 is 11.6 Å². The third kappa shape index (κ3) is 2.37. The fraction of sp³-hybridized carbons (Fsp3) is 0.250. The molecule has 8 nitrogen and oxygen atoms in total. The van der Waals surface area contributed by atoms with Gasteiger partial charge in [0.15, 0.2) is 11.5 Å². The molecule has 0 bridgehead atoms. The SMILES string of the molecule is Cc1[nH][nH]c(=O)c1C(c1cc2c(cc1Cl)OCO2)c1c(C)[nH][nH]c1=O. The largest absolute Gasteiger partial charge is 0.454 e. The quantitative estimate of drug-likeness (QED) is 0.569. The maximum absolute atomic E-state index is 12.4. The highest BCUT2D eigenvalue weighted by atomic mass is 35.5. The lowest BCUT2D eigenvalue weighted by Crippen LogP contribution is -2.20. The van der Waals surface area contributed by atoms with Crippen molar-refractivity contribution in [3.05, 3.63) is 65.9 Å². The van der Waals surface area contributed by atoms with E-state index in [1.165, 1.54) is 0 Å². The molecule has 0 radical (unpaired) electrons. The molecule has 1 aliphatic rings. The number of nitrogens with one attached hydrogen (secondary N) is 4. The molecule has 0 saturated heterocycles. The summed E-state index contributed by atoms with van der Waals surface area (Å²) < 4.78 is 10.8. The van der Waals surface area contributed by atoms with E-state index in [2.05, 4.69) is 20.4 Å². The summed E-state index contributed by atoms with van der Waals surface area (Å²) in [5.41, 5.74) is 2.08. The van der Waals surface area contributed by atoms with E-state index in [1.54, 1.807) is 26.0 Å². The van der Waals surface area contributed by atoms with E-state index in [1.807, 2.05) is 0 Å². The molecule has 0 fully saturated rings. The molecule has 9 heteroatoms. The van der Waals surface area contributed by atoms with E-state index in [9.17, 15) is 9.59 Å². The van der Waals surface area contributed by atoms with Crippen LogP contribution in [0.1, 0.15) is 34.0 Å². The van der Waals surface area contributed by atoms with E-state index < -0.39 is 5.92 Å². The Morgan fingerprint density at radius 2 is 1.44 bits per heavy atom. The third-order valence-electron chi connectivity index (χ3n) is 4.40. The predicted octanol–water partition coefficient (Wildman–Crippen LogP) is 1.90. The Balaban J connectivity index is 2.03. The van der Waals surface area contributed by atoms with E-state index in [-0.39, 0.29) is 17.9 Å². The minimum atomic E-state index is -0.660. The number of ether oxygens (including phenoxy) is 2. The van der Waals surface area contributed by atoms with Crippen LogP contribution in [0.15, 0.2) is 21.7 Å². The number of aromatic amines is 4. The normalized spacial score (nSPS) is 13.0. The topological polar surface area (TPSA) is 116 Å². The number of fused-ring (bicyclic) bond motifs is 1. The summed E-state index contributed by atoms with van der Waals surface area (Å²) >= 11 is 6.47. The van der Waals surface area contributed by atoms with Crippen LogP contribution in [0.4, 0.5) is 0 Å². The molecule has 25 heavy (non-hydrogen) atoms. The van der Waals surface area contributed by atoms with Crippen LogP contribution in [0.3, 0.4) is 0 Å². The first kappa shape index (κ1) is 15.6. The van der Waals surface area contributed by atoms with Crippen LogP contribution in [0.5, 0.6) is 11.5 Å². The summed E-state index contributed by atoms with van der Waals surface area (Å²) in [5, 5.41) is 11.1. The molecule has 2 aromatic heterocycles. The summed E-state index contributed by atoms with van der Waals surface area (Å²) in [5.74, 6) is 0.400. The molecule has 130 valence electrons. The molecule has 3 aromatic rings. The van der Waals surface area contributed by atoms with E-state index in [4.69, 9.17) is 21.1 Å². The maximum Gasteiger partial charge on any atom is 0.268 e. The van der Waals surface area contributed by atoms with Gasteiger partial charge in [-0.25, -0.2) is 0 Å². The van der Waals surface area contributed by atoms with E-state index >= 15 is 0 Å². The minimum absolute atomic E-state index is 0.104. The van der Waals surface area contributed by atoms with Crippen molar-refractivity contribution in [1.82, 2.24) is 20.4 Å². The first-order valence-corrected chi connectivity index (χ1v) is 7.98. The maximum atomic E-state index is 12.4. The van der Waals surface area contributed by atoms with Crippen molar-refractivity contribution >= 4 is 11.6 Å². The van der Waals surface area contributed by atoms with Gasteiger partial charge in [-0.3, -0.25) is 19.8 Å². The van der Waals surface area contributed by atoms with Gasteiger partial charge in [-0.1, -0.05) is 11.6 Å². The lowest BCUT2D eigenvalue weighted by Gasteiger charge is -2.18. The van der Waals surface area contributed by atoms with Crippen molar-refractivity contribution in [2.24, 2.45) is 0 Å². The van der Waals surface area contributed by atoms with Crippen LogP contribution < -0.4 is 20.6 Å². The molecular weight excluding hydrogens is 348 g/mol. The number of H-pyrrole nitrogens is 4. The predicted molar refractivity (Wildman–Crippen MR) is 90.8 cm³/mol. The Morgan fingerprint density at radius 3 is 1.92 bits per heavy atom. The van der Waals surface area contributed by atoms with Gasteiger partial charge >= 0.3 is 0 Å². The number of hydrogen-bond acceptors (Lipinski definition) is 4. The number of aromatic nitrogens is 4. The minimum Gasteiger partial charge on any atom is -0.454 e. The summed E-state index contributed by atoms with van der Waals surface area (Å²) in [6.07, 6.45) is 0. The summed E-state index contributed by atoms with van der Waals surface area (Å²) in [4.78, 5) is 24.8. The Hall–Kier alpha value is -2.87. The average molecular weight is 363 g/mol. The highest BCUT2D eigenvalue weighted by molar-refractivity contribution is 6.31. The smallest absolute Gasteiger partial charge is 0.268 e. The zero-order chi connectivity index (χ0) is 17.7. The second kappa shape index (κ2) is 5.59. The van der Waals surface area contributed by atoms with Gasteiger partial charge < -0.3 is 19.7 Å². The number of hydrogen-bond donors (Lipinski definition) is 4. The molecule has 4 rings (SSSR count). The fourth-order valence-corrected chi connectivity index (χ4v) is 3.48. The van der Waals surface area contributed by atoms with Crippen LogP contribution in [-0.2, 0) is 0 Å². The van der Waals surface area contributed by atoms with Crippen molar-refractivity contribution in [3.8, 4) is 11.5 Å². The second-order valence-corrected chi connectivity index (χ2v) is 6.30. The fourth-order valence-electron chi connectivity index (χ4n) is 3.22. The number of halogens is 1. The van der Waals surface area contributed by atoms with Crippen molar-refractivity contribution in [3.63, 3.8) is 0 Å². The van der Waals surface area contributed by atoms with Crippen molar-refractivity contribution < 1.29 is 9.47 Å². The van der Waals surface area contributed by atoms with Gasteiger partial charge in [0.25, 0.3) is 11.1 Å². The second-order valence-electron chi connectivity index (χ2n) is 5.90. The molecule has 0 atom stereocenters. The monoisotopic (exact) mass is 362 g/mol. The highest BCUT2D eigenvalue weighted by Crippen LogP contribution is 2.42. The van der Waals surface area contributed by atoms with Gasteiger partial charge in [-0.2, -0.15) is 0 Å². The molecule has 1 aliphatic heterocycles. The Labute approximate surface area is 146 Å². The molecule has 0 amide bonds. The van der Waals surface area contributed by atoms with Gasteiger partial charge in [0, 0.05) is 22.5 Å². The van der Waals surface area contributed by atoms with Crippen LogP contribution in [0.25, 0.3) is 0 Å². The zero-order valence-corrected chi connectivity index (χ0v) is 14.2. The van der Waals surface area contributed by atoms with Crippen LogP contribution in [0, 0.1) is 13.8 Å². The van der Waals surface area contributed by atoms with Crippen molar-refractivity contribution in [2.75, 3.05) is 6.79 Å². The van der Waals surface area contributed by atoms with Gasteiger partial charge in [-0.05, 0) is 25.5 Å². The standard InChI is InChI=1S/C16H15ClN4O4/c1-6-12(15(22)20-18-6)14(13-7(2)19-21-16(13)23)8-3-10-11(4-9(8)17)25-5-24-10/h3-4,14H,5H2,1-2H3,(H2,18,20,22)(H2,19,21,23). The van der Waals surface area contributed by atoms with Crippen molar-refractivity contribution in [2.45, 2.75) is 19.8 Å². The Kier molecular flexibility index (Phi) is 3.50. The molecule has 1 aromatic carbocycles. The zero-order valence-electron chi connectivity index (χ0n) is 13.5. The highest BCUT2D eigenvalue weighted by Gasteiger charge is 2.31. The summed E-state index contributed by atoms with van der Waals surface area (Å²) in [7, 11) is 0. The lowest BCUT2D eigenvalue weighted by atomic mass is 9.85. The molecule has 0 saturated carbocycles. The first-order chi connectivity index (χ1) is 12.0. The summed E-state index contributed by atoms with van der Waals surface area (Å²) in [6, 6.07) is 3.35.